The molecule has 2 heterocycles. The Hall–Kier alpha value is -4.40. The van der Waals surface area contributed by atoms with Gasteiger partial charge in [-0.05, 0) is 55.0 Å². The molecule has 2 aromatic carbocycles. The van der Waals surface area contributed by atoms with Crippen molar-refractivity contribution >= 4 is 28.8 Å². The molecule has 0 saturated heterocycles. The van der Waals surface area contributed by atoms with Gasteiger partial charge in [0.2, 0.25) is 0 Å². The number of nitrogens with two attached hydrogens (primary N) is 2. The molecule has 0 radical (unpaired) electrons. The molecular weight excluding hydrogens is 416 g/mol. The SMILES string of the molecule is CN=C(N)CN=C(N)c1ccc(Nc2nccn3c(-c4ccc(OC)cc4)cnc23)cc1C. The Kier molecular flexibility index (Phi) is 6.21. The quantitative estimate of drug-likeness (QED) is 0.298. The summed E-state index contributed by atoms with van der Waals surface area (Å²) in [6, 6.07) is 13.7. The molecule has 0 aliphatic carbocycles. The molecule has 168 valence electrons. The van der Waals surface area contributed by atoms with E-state index in [9.17, 15) is 0 Å². The number of aromatic nitrogens is 3. The van der Waals surface area contributed by atoms with Crippen molar-refractivity contribution in [1.82, 2.24) is 14.4 Å². The van der Waals surface area contributed by atoms with Gasteiger partial charge in [-0.1, -0.05) is 0 Å². The fourth-order valence-corrected chi connectivity index (χ4v) is 3.47. The number of anilines is 2. The van der Waals surface area contributed by atoms with Crippen molar-refractivity contribution in [2.75, 3.05) is 26.0 Å². The molecule has 0 amide bonds. The zero-order valence-electron chi connectivity index (χ0n) is 18.8. The average molecular weight is 443 g/mol. The van der Waals surface area contributed by atoms with E-state index in [1.54, 1.807) is 20.4 Å². The van der Waals surface area contributed by atoms with E-state index < -0.39 is 0 Å². The van der Waals surface area contributed by atoms with Gasteiger partial charge in [-0.15, -0.1) is 0 Å². The Morgan fingerprint density at radius 2 is 1.91 bits per heavy atom. The lowest BCUT2D eigenvalue weighted by Crippen LogP contribution is -2.21. The van der Waals surface area contributed by atoms with Crippen LogP contribution in [-0.2, 0) is 0 Å². The number of methoxy groups -OCH3 is 1. The largest absolute Gasteiger partial charge is 0.497 e. The Morgan fingerprint density at radius 3 is 2.61 bits per heavy atom. The average Bonchev–Trinajstić information content (AvgIpc) is 3.27. The number of nitrogens with zero attached hydrogens (tertiary/aromatic N) is 5. The molecule has 0 bridgehead atoms. The third kappa shape index (κ3) is 4.62. The van der Waals surface area contributed by atoms with E-state index in [4.69, 9.17) is 16.2 Å². The maximum Gasteiger partial charge on any atom is 0.180 e. The Bertz CT molecular complexity index is 1340. The van der Waals surface area contributed by atoms with Gasteiger partial charge >= 0.3 is 0 Å². The van der Waals surface area contributed by atoms with Crippen LogP contribution in [0.3, 0.4) is 0 Å². The van der Waals surface area contributed by atoms with Crippen molar-refractivity contribution in [3.63, 3.8) is 0 Å². The lowest BCUT2D eigenvalue weighted by molar-refractivity contribution is 0.415. The summed E-state index contributed by atoms with van der Waals surface area (Å²) in [4.78, 5) is 17.3. The van der Waals surface area contributed by atoms with Crippen LogP contribution in [0.4, 0.5) is 11.5 Å². The molecule has 0 spiro atoms. The van der Waals surface area contributed by atoms with Gasteiger partial charge in [-0.3, -0.25) is 14.4 Å². The number of imidazole rings is 1. The highest BCUT2D eigenvalue weighted by atomic mass is 16.5. The minimum Gasteiger partial charge on any atom is -0.497 e. The molecular formula is C24H26N8O. The monoisotopic (exact) mass is 442 g/mol. The highest BCUT2D eigenvalue weighted by Crippen LogP contribution is 2.27. The van der Waals surface area contributed by atoms with E-state index in [-0.39, 0.29) is 6.54 Å². The van der Waals surface area contributed by atoms with Gasteiger partial charge in [0.25, 0.3) is 0 Å². The number of amidine groups is 2. The number of nitrogens with one attached hydrogen (secondary N) is 1. The molecule has 5 N–H and O–H groups in total. The normalized spacial score (nSPS) is 12.2. The van der Waals surface area contributed by atoms with E-state index in [2.05, 4.69) is 25.3 Å². The van der Waals surface area contributed by atoms with Crippen LogP contribution in [0.15, 0.2) is 71.0 Å². The first-order valence-electron chi connectivity index (χ1n) is 10.4. The van der Waals surface area contributed by atoms with E-state index >= 15 is 0 Å². The van der Waals surface area contributed by atoms with Gasteiger partial charge in [-0.2, -0.15) is 0 Å². The molecule has 0 aliphatic heterocycles. The number of benzene rings is 2. The lowest BCUT2D eigenvalue weighted by Gasteiger charge is -2.11. The zero-order chi connectivity index (χ0) is 23.4. The molecule has 0 saturated carbocycles. The maximum absolute atomic E-state index is 6.14. The molecule has 4 rings (SSSR count). The van der Waals surface area contributed by atoms with Crippen LogP contribution in [0.2, 0.25) is 0 Å². The van der Waals surface area contributed by atoms with Crippen molar-refractivity contribution in [2.45, 2.75) is 6.92 Å². The van der Waals surface area contributed by atoms with Crippen molar-refractivity contribution < 1.29 is 4.74 Å². The third-order valence-corrected chi connectivity index (χ3v) is 5.28. The highest BCUT2D eigenvalue weighted by Gasteiger charge is 2.12. The third-order valence-electron chi connectivity index (χ3n) is 5.28. The van der Waals surface area contributed by atoms with Gasteiger partial charge in [-0.25, -0.2) is 9.97 Å². The Morgan fingerprint density at radius 1 is 1.12 bits per heavy atom. The summed E-state index contributed by atoms with van der Waals surface area (Å²) in [5.41, 5.74) is 17.2. The fourth-order valence-electron chi connectivity index (χ4n) is 3.47. The summed E-state index contributed by atoms with van der Waals surface area (Å²) >= 11 is 0. The summed E-state index contributed by atoms with van der Waals surface area (Å²) in [6.07, 6.45) is 5.47. The van der Waals surface area contributed by atoms with Gasteiger partial charge < -0.3 is 21.5 Å². The van der Waals surface area contributed by atoms with E-state index in [1.807, 2.05) is 66.2 Å². The van der Waals surface area contributed by atoms with Crippen LogP contribution < -0.4 is 21.5 Å². The summed E-state index contributed by atoms with van der Waals surface area (Å²) in [5.74, 6) is 2.31. The highest BCUT2D eigenvalue weighted by molar-refractivity contribution is 6.00. The number of hydrogen-bond donors (Lipinski definition) is 3. The molecule has 0 fully saturated rings. The second kappa shape index (κ2) is 9.39. The Labute approximate surface area is 191 Å². The second-order valence-electron chi connectivity index (χ2n) is 7.41. The van der Waals surface area contributed by atoms with Crippen molar-refractivity contribution in [1.29, 1.82) is 0 Å². The van der Waals surface area contributed by atoms with Crippen molar-refractivity contribution in [3.8, 4) is 17.0 Å². The molecule has 9 heteroatoms. The molecule has 0 atom stereocenters. The zero-order valence-corrected chi connectivity index (χ0v) is 18.8. The first-order chi connectivity index (χ1) is 16.0. The number of hydrogen-bond acceptors (Lipinski definition) is 6. The van der Waals surface area contributed by atoms with Crippen LogP contribution >= 0.6 is 0 Å². The first kappa shape index (κ1) is 21.8. The molecule has 2 aromatic heterocycles. The number of aliphatic imine (C=N–C) groups is 2. The molecule has 9 nitrogen and oxygen atoms in total. The van der Waals surface area contributed by atoms with Crippen LogP contribution in [0, 0.1) is 6.92 Å². The summed E-state index contributed by atoms with van der Waals surface area (Å²) in [6.45, 7) is 2.25. The van der Waals surface area contributed by atoms with Crippen LogP contribution in [-0.4, -0.2) is 46.7 Å². The van der Waals surface area contributed by atoms with Gasteiger partial charge in [0.1, 0.15) is 17.4 Å². The topological polar surface area (TPSA) is 128 Å². The first-order valence-corrected chi connectivity index (χ1v) is 10.4. The number of fused-ring (bicyclic) bond motifs is 1. The van der Waals surface area contributed by atoms with Crippen LogP contribution in [0.25, 0.3) is 16.9 Å². The van der Waals surface area contributed by atoms with Gasteiger partial charge in [0.15, 0.2) is 11.5 Å². The summed E-state index contributed by atoms with van der Waals surface area (Å²) in [5, 5.41) is 3.36. The molecule has 0 aliphatic rings. The van der Waals surface area contributed by atoms with Crippen LogP contribution in [0.5, 0.6) is 5.75 Å². The number of ether oxygens (including phenoxy) is 1. The smallest absolute Gasteiger partial charge is 0.180 e. The lowest BCUT2D eigenvalue weighted by atomic mass is 10.1. The van der Waals surface area contributed by atoms with Crippen molar-refractivity contribution in [3.05, 3.63) is 72.2 Å². The van der Waals surface area contributed by atoms with E-state index in [0.29, 0.717) is 17.5 Å². The maximum atomic E-state index is 6.14. The predicted octanol–water partition coefficient (Wildman–Crippen LogP) is 3.15. The van der Waals surface area contributed by atoms with Gasteiger partial charge in [0.05, 0.1) is 25.5 Å². The van der Waals surface area contributed by atoms with E-state index in [0.717, 1.165) is 39.5 Å². The molecule has 4 aromatic rings. The van der Waals surface area contributed by atoms with E-state index in [1.165, 1.54) is 0 Å². The predicted molar refractivity (Wildman–Crippen MR) is 133 cm³/mol. The molecule has 33 heavy (non-hydrogen) atoms. The second-order valence-corrected chi connectivity index (χ2v) is 7.41. The minimum absolute atomic E-state index is 0.268. The Balaban J connectivity index is 1.60. The standard InChI is InChI=1S/C24H26N8O/c1-15-12-17(6-9-19(15)22(26)29-14-21(25)27-2)31-23-24-30-13-20(32(24)11-10-28-23)16-4-7-18(33-3)8-5-16/h4-13H,14H2,1-3H3,(H2,25,27)(H2,26,29)(H,28,31). The molecule has 0 unspecified atom stereocenters. The van der Waals surface area contributed by atoms with Gasteiger partial charge in [0, 0.05) is 36.3 Å². The number of rotatable bonds is 7. The summed E-state index contributed by atoms with van der Waals surface area (Å²) < 4.78 is 7.26. The van der Waals surface area contributed by atoms with Crippen LogP contribution in [0.1, 0.15) is 11.1 Å². The number of aryl methyl sites for hydroxylation is 1. The summed E-state index contributed by atoms with van der Waals surface area (Å²) in [7, 11) is 3.28. The fraction of sp³-hybridized carbons (Fsp3) is 0.167. The van der Waals surface area contributed by atoms with Crippen molar-refractivity contribution in [2.24, 2.45) is 21.5 Å². The minimum atomic E-state index is 0.268.